The highest BCUT2D eigenvalue weighted by atomic mass is 32.2. The maximum Gasteiger partial charge on any atom is 0.251 e. The molecule has 2 aromatic carbocycles. The maximum atomic E-state index is 12.7. The van der Waals surface area contributed by atoms with Gasteiger partial charge in [-0.25, -0.2) is 13.1 Å². The third-order valence-electron chi connectivity index (χ3n) is 5.92. The highest BCUT2D eigenvalue weighted by Gasteiger charge is 2.19. The molecule has 1 heterocycles. The van der Waals surface area contributed by atoms with Crippen LogP contribution in [0.25, 0.3) is 0 Å². The molecule has 2 N–H and O–H groups in total. The number of likely N-dealkylation sites (tertiary alicyclic amines) is 1. The molecule has 7 heteroatoms. The van der Waals surface area contributed by atoms with Gasteiger partial charge in [0.25, 0.3) is 5.91 Å². The minimum Gasteiger partial charge on any atom is -0.352 e. The van der Waals surface area contributed by atoms with Crippen molar-refractivity contribution in [3.8, 4) is 0 Å². The van der Waals surface area contributed by atoms with Crippen molar-refractivity contribution in [2.45, 2.75) is 57.0 Å². The minimum absolute atomic E-state index is 0.0984. The smallest absolute Gasteiger partial charge is 0.251 e. The zero-order valence-corrected chi connectivity index (χ0v) is 19.2. The highest BCUT2D eigenvalue weighted by Crippen LogP contribution is 2.17. The van der Waals surface area contributed by atoms with Crippen LogP contribution in [0, 0.1) is 6.92 Å². The summed E-state index contributed by atoms with van der Waals surface area (Å²) in [6.07, 6.45) is 4.67. The molecule has 1 aliphatic rings. The van der Waals surface area contributed by atoms with E-state index in [9.17, 15) is 13.2 Å². The van der Waals surface area contributed by atoms with Crippen LogP contribution in [-0.2, 0) is 16.6 Å². The Balaban J connectivity index is 1.57. The van der Waals surface area contributed by atoms with Gasteiger partial charge in [-0.15, -0.1) is 0 Å². The number of piperidine rings is 1. The van der Waals surface area contributed by atoms with Crippen LogP contribution in [0.2, 0.25) is 0 Å². The van der Waals surface area contributed by atoms with Gasteiger partial charge in [-0.3, -0.25) is 4.79 Å². The summed E-state index contributed by atoms with van der Waals surface area (Å²) >= 11 is 0. The summed E-state index contributed by atoms with van der Waals surface area (Å²) in [6.45, 7) is 6.96. The molecule has 0 aliphatic carbocycles. The summed E-state index contributed by atoms with van der Waals surface area (Å²) < 4.78 is 28.0. The summed E-state index contributed by atoms with van der Waals surface area (Å²) in [5, 5.41) is 2.95. The van der Waals surface area contributed by atoms with Gasteiger partial charge in [0.15, 0.2) is 0 Å². The number of carbonyl (C=O) groups is 1. The average Bonchev–Trinajstić information content (AvgIpc) is 2.77. The number of sulfonamides is 1. The quantitative estimate of drug-likeness (QED) is 0.582. The van der Waals surface area contributed by atoms with E-state index < -0.39 is 10.0 Å². The van der Waals surface area contributed by atoms with Gasteiger partial charge < -0.3 is 10.2 Å². The highest BCUT2D eigenvalue weighted by molar-refractivity contribution is 7.89. The van der Waals surface area contributed by atoms with Crippen LogP contribution >= 0.6 is 0 Å². The van der Waals surface area contributed by atoms with Gasteiger partial charge in [-0.2, -0.15) is 0 Å². The Bertz CT molecular complexity index is 977. The number of aryl methyl sites for hydroxylation is 1. The van der Waals surface area contributed by atoms with Gasteiger partial charge in [0, 0.05) is 31.2 Å². The van der Waals surface area contributed by atoms with Crippen molar-refractivity contribution in [3.63, 3.8) is 0 Å². The number of hydrogen-bond acceptors (Lipinski definition) is 4. The summed E-state index contributed by atoms with van der Waals surface area (Å²) in [5.74, 6) is -0.232. The predicted molar refractivity (Wildman–Crippen MR) is 123 cm³/mol. The molecular formula is C24H33N3O3S. The van der Waals surface area contributed by atoms with E-state index in [1.54, 1.807) is 6.07 Å². The molecule has 1 unspecified atom stereocenters. The van der Waals surface area contributed by atoms with E-state index in [-0.39, 0.29) is 17.3 Å². The number of carbonyl (C=O) groups excluding carboxylic acids is 1. The zero-order chi connectivity index (χ0) is 22.3. The summed E-state index contributed by atoms with van der Waals surface area (Å²) in [5.41, 5.74) is 2.03. The Labute approximate surface area is 186 Å². The lowest BCUT2D eigenvalue weighted by Gasteiger charge is -2.33. The molecule has 0 radical (unpaired) electrons. The molecule has 0 bridgehead atoms. The van der Waals surface area contributed by atoms with Crippen molar-refractivity contribution in [2.75, 3.05) is 19.6 Å². The molecule has 6 nitrogen and oxygen atoms in total. The third kappa shape index (κ3) is 6.63. The lowest BCUT2D eigenvalue weighted by Crippen LogP contribution is -2.39. The van der Waals surface area contributed by atoms with Crippen molar-refractivity contribution in [1.82, 2.24) is 14.9 Å². The van der Waals surface area contributed by atoms with E-state index in [0.717, 1.165) is 30.6 Å². The molecule has 2 aromatic rings. The lowest BCUT2D eigenvalue weighted by molar-refractivity contribution is 0.0948. The number of benzene rings is 2. The molecule has 1 fully saturated rings. The number of rotatable bonds is 9. The van der Waals surface area contributed by atoms with Crippen LogP contribution < -0.4 is 10.0 Å². The Hall–Kier alpha value is -2.22. The largest absolute Gasteiger partial charge is 0.352 e. The van der Waals surface area contributed by atoms with Crippen LogP contribution in [0.15, 0.2) is 53.4 Å². The molecule has 1 atom stereocenters. The van der Waals surface area contributed by atoms with Crippen molar-refractivity contribution >= 4 is 15.9 Å². The fourth-order valence-corrected chi connectivity index (χ4v) is 4.98. The van der Waals surface area contributed by atoms with E-state index >= 15 is 0 Å². The molecule has 0 aromatic heterocycles. The van der Waals surface area contributed by atoms with E-state index in [1.165, 1.54) is 31.4 Å². The van der Waals surface area contributed by atoms with Gasteiger partial charge in [0.1, 0.15) is 0 Å². The first-order valence-electron chi connectivity index (χ1n) is 11.0. The molecule has 1 aliphatic heterocycles. The van der Waals surface area contributed by atoms with Gasteiger partial charge >= 0.3 is 0 Å². The summed E-state index contributed by atoms with van der Waals surface area (Å²) in [7, 11) is -3.71. The van der Waals surface area contributed by atoms with E-state index in [4.69, 9.17) is 0 Å². The SMILES string of the molecule is Cc1ccc(S(=O)(=O)NCc2ccccc2)cc1C(=O)NCCCN1CCCCC1C. The first-order chi connectivity index (χ1) is 14.9. The van der Waals surface area contributed by atoms with Gasteiger partial charge in [-0.05, 0) is 62.9 Å². The Morgan fingerprint density at radius 3 is 2.65 bits per heavy atom. The fourth-order valence-electron chi connectivity index (χ4n) is 3.94. The molecule has 0 spiro atoms. The van der Waals surface area contributed by atoms with Crippen LogP contribution in [0.3, 0.4) is 0 Å². The second-order valence-electron chi connectivity index (χ2n) is 8.28. The van der Waals surface area contributed by atoms with Crippen molar-refractivity contribution in [2.24, 2.45) is 0 Å². The monoisotopic (exact) mass is 443 g/mol. The minimum atomic E-state index is -3.71. The standard InChI is InChI=1S/C24H33N3O3S/c1-19-12-13-22(31(29,30)26-18-21-10-4-3-5-11-21)17-23(19)24(28)25-14-8-16-27-15-7-6-9-20(27)2/h3-5,10-13,17,20,26H,6-9,14-16,18H2,1-2H3,(H,25,28). The van der Waals surface area contributed by atoms with Crippen molar-refractivity contribution in [1.29, 1.82) is 0 Å². The van der Waals surface area contributed by atoms with E-state index in [0.29, 0.717) is 18.2 Å². The number of nitrogens with one attached hydrogen (secondary N) is 2. The topological polar surface area (TPSA) is 78.5 Å². The van der Waals surface area contributed by atoms with Crippen LogP contribution in [-0.4, -0.2) is 44.9 Å². The average molecular weight is 444 g/mol. The lowest BCUT2D eigenvalue weighted by atomic mass is 10.0. The second kappa shape index (κ2) is 10.9. The predicted octanol–water partition coefficient (Wildman–Crippen LogP) is 3.47. The Morgan fingerprint density at radius 2 is 1.90 bits per heavy atom. The van der Waals surface area contributed by atoms with E-state index in [2.05, 4.69) is 21.9 Å². The van der Waals surface area contributed by atoms with Crippen molar-refractivity contribution < 1.29 is 13.2 Å². The van der Waals surface area contributed by atoms with Crippen LogP contribution in [0.1, 0.15) is 54.1 Å². The molecule has 1 saturated heterocycles. The zero-order valence-electron chi connectivity index (χ0n) is 18.4. The number of hydrogen-bond donors (Lipinski definition) is 2. The molecule has 168 valence electrons. The van der Waals surface area contributed by atoms with Crippen LogP contribution in [0.5, 0.6) is 0 Å². The molecule has 31 heavy (non-hydrogen) atoms. The second-order valence-corrected chi connectivity index (χ2v) is 10.0. The normalized spacial score (nSPS) is 17.4. The number of nitrogens with zero attached hydrogens (tertiary/aromatic N) is 1. The van der Waals surface area contributed by atoms with Gasteiger partial charge in [-0.1, -0.05) is 42.8 Å². The number of amides is 1. The summed E-state index contributed by atoms with van der Waals surface area (Å²) in [4.78, 5) is 15.3. The van der Waals surface area contributed by atoms with E-state index in [1.807, 2.05) is 37.3 Å². The molecular weight excluding hydrogens is 410 g/mol. The molecule has 3 rings (SSSR count). The third-order valence-corrected chi connectivity index (χ3v) is 7.32. The Morgan fingerprint density at radius 1 is 1.13 bits per heavy atom. The van der Waals surface area contributed by atoms with Gasteiger partial charge in [0.05, 0.1) is 4.90 Å². The Kier molecular flexibility index (Phi) is 8.23. The first kappa shape index (κ1) is 23.4. The fraction of sp³-hybridized carbons (Fsp3) is 0.458. The maximum absolute atomic E-state index is 12.7. The van der Waals surface area contributed by atoms with Crippen molar-refractivity contribution in [3.05, 3.63) is 65.2 Å². The molecule has 1 amide bonds. The molecule has 0 saturated carbocycles. The summed E-state index contributed by atoms with van der Waals surface area (Å²) in [6, 6.07) is 14.6. The van der Waals surface area contributed by atoms with Gasteiger partial charge in [0.2, 0.25) is 10.0 Å². The first-order valence-corrected chi connectivity index (χ1v) is 12.5. The van der Waals surface area contributed by atoms with Crippen LogP contribution in [0.4, 0.5) is 0 Å².